The number of carbonyl (C=O) groups is 1. The van der Waals surface area contributed by atoms with E-state index in [4.69, 9.17) is 11.6 Å². The number of nitrogens with one attached hydrogen (secondary N) is 1. The highest BCUT2D eigenvalue weighted by atomic mass is 35.5. The first-order valence-corrected chi connectivity index (χ1v) is 10.6. The lowest BCUT2D eigenvalue weighted by Gasteiger charge is -2.22. The van der Waals surface area contributed by atoms with Crippen LogP contribution >= 0.6 is 11.6 Å². The maximum atomic E-state index is 12.4. The number of aryl methyl sites for hydroxylation is 1. The molecular weight excluding hydrogens is 364 g/mol. The minimum absolute atomic E-state index is 0.0378. The van der Waals surface area contributed by atoms with Crippen molar-refractivity contribution in [1.29, 1.82) is 0 Å². The number of fused-ring (bicyclic) bond motifs is 3. The Morgan fingerprint density at radius 1 is 1.44 bits per heavy atom. The molecule has 0 bridgehead atoms. The van der Waals surface area contributed by atoms with Gasteiger partial charge in [-0.05, 0) is 31.2 Å². The molecular formula is C16H21ClN4O3S. The number of rotatable bonds is 5. The fourth-order valence-corrected chi connectivity index (χ4v) is 4.37. The van der Waals surface area contributed by atoms with Crippen molar-refractivity contribution in [3.05, 3.63) is 22.7 Å². The average Bonchev–Trinajstić information content (AvgIpc) is 2.84. The Hall–Kier alpha value is -1.67. The molecule has 1 aliphatic carbocycles. The van der Waals surface area contributed by atoms with E-state index in [1.54, 1.807) is 0 Å². The second-order valence-corrected chi connectivity index (χ2v) is 9.18. The van der Waals surface area contributed by atoms with E-state index in [0.29, 0.717) is 24.5 Å². The minimum atomic E-state index is -3.00. The first kappa shape index (κ1) is 18.1. The zero-order valence-corrected chi connectivity index (χ0v) is 15.8. The van der Waals surface area contributed by atoms with Crippen LogP contribution in [0.1, 0.15) is 24.1 Å². The molecule has 0 saturated heterocycles. The van der Waals surface area contributed by atoms with Crippen LogP contribution < -0.4 is 5.32 Å². The van der Waals surface area contributed by atoms with E-state index >= 15 is 0 Å². The van der Waals surface area contributed by atoms with Gasteiger partial charge in [-0.25, -0.2) is 18.4 Å². The number of carbonyl (C=O) groups excluding carboxylic acids is 1. The third-order valence-corrected chi connectivity index (χ3v) is 6.01. The lowest BCUT2D eigenvalue weighted by Crippen LogP contribution is -2.35. The number of nitrogens with zero attached hydrogens (tertiary/aromatic N) is 3. The average molecular weight is 385 g/mol. The molecule has 7 nitrogen and oxygen atoms in total. The van der Waals surface area contributed by atoms with Crippen LogP contribution in [-0.4, -0.2) is 47.4 Å². The van der Waals surface area contributed by atoms with Crippen molar-refractivity contribution in [2.24, 2.45) is 13.0 Å². The van der Waals surface area contributed by atoms with E-state index in [2.05, 4.69) is 15.3 Å². The van der Waals surface area contributed by atoms with Crippen LogP contribution in [-0.2, 0) is 34.5 Å². The van der Waals surface area contributed by atoms with Crippen molar-refractivity contribution >= 4 is 38.4 Å². The highest BCUT2D eigenvalue weighted by molar-refractivity contribution is 7.90. The van der Waals surface area contributed by atoms with Crippen LogP contribution in [0, 0.1) is 5.92 Å². The molecule has 0 radical (unpaired) electrons. The highest BCUT2D eigenvalue weighted by Gasteiger charge is 2.30. The first-order chi connectivity index (χ1) is 11.8. The molecule has 0 saturated carbocycles. The second-order valence-electron chi connectivity index (χ2n) is 6.56. The van der Waals surface area contributed by atoms with Gasteiger partial charge in [-0.15, -0.1) is 0 Å². The van der Waals surface area contributed by atoms with E-state index in [1.165, 1.54) is 12.6 Å². The van der Waals surface area contributed by atoms with Crippen LogP contribution in [0.5, 0.6) is 0 Å². The van der Waals surface area contributed by atoms with Gasteiger partial charge in [-0.3, -0.25) is 4.79 Å². The molecule has 9 heteroatoms. The fraction of sp³-hybridized carbons (Fsp3) is 0.562. The van der Waals surface area contributed by atoms with Crippen molar-refractivity contribution in [3.63, 3.8) is 0 Å². The minimum Gasteiger partial charge on any atom is -0.356 e. The monoisotopic (exact) mass is 384 g/mol. The van der Waals surface area contributed by atoms with Crippen molar-refractivity contribution < 1.29 is 13.2 Å². The maximum absolute atomic E-state index is 12.4. The third-order valence-electron chi connectivity index (χ3n) is 4.70. The molecule has 25 heavy (non-hydrogen) atoms. The van der Waals surface area contributed by atoms with Gasteiger partial charge in [-0.2, -0.15) is 0 Å². The lowest BCUT2D eigenvalue weighted by atomic mass is 9.86. The summed E-state index contributed by atoms with van der Waals surface area (Å²) in [5, 5.41) is 4.09. The number of hydrogen-bond donors (Lipinski definition) is 1. The Bertz CT molecular complexity index is 923. The van der Waals surface area contributed by atoms with Gasteiger partial charge in [0.1, 0.15) is 27.0 Å². The van der Waals surface area contributed by atoms with Gasteiger partial charge in [0, 0.05) is 31.5 Å². The third kappa shape index (κ3) is 3.79. The van der Waals surface area contributed by atoms with Gasteiger partial charge >= 0.3 is 0 Å². The summed E-state index contributed by atoms with van der Waals surface area (Å²) in [5.74, 6) is -0.102. The number of halogens is 1. The Kier molecular flexibility index (Phi) is 5.02. The molecule has 1 aliphatic rings. The molecule has 0 aliphatic heterocycles. The predicted octanol–water partition coefficient (Wildman–Crippen LogP) is 1.28. The zero-order valence-electron chi connectivity index (χ0n) is 14.2. The van der Waals surface area contributed by atoms with E-state index < -0.39 is 9.84 Å². The van der Waals surface area contributed by atoms with Gasteiger partial charge in [0.05, 0.1) is 11.1 Å². The van der Waals surface area contributed by atoms with Crippen molar-refractivity contribution in [3.8, 4) is 0 Å². The Labute approximate surface area is 151 Å². The SMILES string of the molecule is Cn1c2c(c3c(Cl)ncnc31)C[C@@H](C(=O)NCCCS(C)(=O)=O)CC2. The fourth-order valence-electron chi connectivity index (χ4n) is 3.46. The molecule has 2 aromatic heterocycles. The summed E-state index contributed by atoms with van der Waals surface area (Å²) < 4.78 is 24.3. The Balaban J connectivity index is 1.72. The summed E-state index contributed by atoms with van der Waals surface area (Å²) in [6, 6.07) is 0. The van der Waals surface area contributed by atoms with Crippen LogP contribution in [0.25, 0.3) is 11.0 Å². The van der Waals surface area contributed by atoms with Crippen LogP contribution in [0.15, 0.2) is 6.33 Å². The van der Waals surface area contributed by atoms with Crippen LogP contribution in [0.3, 0.4) is 0 Å². The Morgan fingerprint density at radius 2 is 2.20 bits per heavy atom. The maximum Gasteiger partial charge on any atom is 0.223 e. The van der Waals surface area contributed by atoms with Gasteiger partial charge in [0.15, 0.2) is 0 Å². The largest absolute Gasteiger partial charge is 0.356 e. The van der Waals surface area contributed by atoms with Gasteiger partial charge in [0.2, 0.25) is 5.91 Å². The topological polar surface area (TPSA) is 93.9 Å². The molecule has 0 unspecified atom stereocenters. The second kappa shape index (κ2) is 6.92. The predicted molar refractivity (Wildman–Crippen MR) is 96.4 cm³/mol. The van der Waals surface area contributed by atoms with Gasteiger partial charge in [-0.1, -0.05) is 11.6 Å². The number of sulfone groups is 1. The molecule has 0 aromatic carbocycles. The zero-order chi connectivity index (χ0) is 18.2. The normalized spacial score (nSPS) is 17.5. The summed E-state index contributed by atoms with van der Waals surface area (Å²) in [4.78, 5) is 20.8. The molecule has 0 spiro atoms. The van der Waals surface area contributed by atoms with E-state index in [0.717, 1.165) is 35.1 Å². The molecule has 1 amide bonds. The summed E-state index contributed by atoms with van der Waals surface area (Å²) >= 11 is 6.26. The smallest absolute Gasteiger partial charge is 0.223 e. The van der Waals surface area contributed by atoms with Crippen molar-refractivity contribution in [2.45, 2.75) is 25.7 Å². The molecule has 1 atom stereocenters. The van der Waals surface area contributed by atoms with Crippen molar-refractivity contribution in [2.75, 3.05) is 18.6 Å². The van der Waals surface area contributed by atoms with E-state index in [9.17, 15) is 13.2 Å². The molecule has 1 N–H and O–H groups in total. The van der Waals surface area contributed by atoms with E-state index in [1.807, 2.05) is 11.6 Å². The number of hydrogen-bond acceptors (Lipinski definition) is 5. The quantitative estimate of drug-likeness (QED) is 0.619. The van der Waals surface area contributed by atoms with E-state index in [-0.39, 0.29) is 17.6 Å². The van der Waals surface area contributed by atoms with Gasteiger partial charge < -0.3 is 9.88 Å². The first-order valence-electron chi connectivity index (χ1n) is 8.20. The van der Waals surface area contributed by atoms with Gasteiger partial charge in [0.25, 0.3) is 0 Å². The summed E-state index contributed by atoms with van der Waals surface area (Å²) in [6.07, 6.45) is 5.19. The molecule has 0 fully saturated rings. The highest BCUT2D eigenvalue weighted by Crippen LogP contribution is 2.35. The Morgan fingerprint density at radius 3 is 2.92 bits per heavy atom. The summed E-state index contributed by atoms with van der Waals surface area (Å²) in [6.45, 7) is 0.370. The summed E-state index contributed by atoms with van der Waals surface area (Å²) in [7, 11) is -1.04. The van der Waals surface area contributed by atoms with Crippen molar-refractivity contribution in [1.82, 2.24) is 19.9 Å². The summed E-state index contributed by atoms with van der Waals surface area (Å²) in [5.41, 5.74) is 2.99. The number of amides is 1. The lowest BCUT2D eigenvalue weighted by molar-refractivity contribution is -0.125. The number of aromatic nitrogens is 3. The van der Waals surface area contributed by atoms with Crippen LogP contribution in [0.2, 0.25) is 5.15 Å². The standard InChI is InChI=1S/C16H21ClN4O3S/c1-21-12-5-4-10(16(22)18-6-3-7-25(2,23)24)8-11(12)13-14(17)19-9-20-15(13)21/h9-10H,3-8H2,1-2H3,(H,18,22)/t10-/m0/s1. The van der Waals surface area contributed by atoms with Crippen LogP contribution in [0.4, 0.5) is 0 Å². The molecule has 136 valence electrons. The molecule has 2 aromatic rings. The molecule has 2 heterocycles. The molecule has 3 rings (SSSR count).